The SMILES string of the molecule is CC1CCN(C(=O)N[C@H]2CC[C@@H](C(=O)O)C2)CC1. The van der Waals surface area contributed by atoms with E-state index in [1.165, 1.54) is 0 Å². The lowest BCUT2D eigenvalue weighted by molar-refractivity contribution is -0.141. The fraction of sp³-hybridized carbons (Fsp3) is 0.846. The number of nitrogens with zero attached hydrogens (tertiary/aromatic N) is 1. The second-order valence-corrected chi connectivity index (χ2v) is 5.66. The molecule has 2 fully saturated rings. The van der Waals surface area contributed by atoms with Gasteiger partial charge in [0.25, 0.3) is 0 Å². The van der Waals surface area contributed by atoms with Crippen molar-refractivity contribution in [1.82, 2.24) is 10.2 Å². The first-order valence-corrected chi connectivity index (χ1v) is 6.84. The number of amides is 2. The molecule has 0 radical (unpaired) electrons. The zero-order chi connectivity index (χ0) is 13.1. The molecule has 0 aromatic rings. The van der Waals surface area contributed by atoms with E-state index < -0.39 is 5.97 Å². The van der Waals surface area contributed by atoms with Crippen LogP contribution in [0.2, 0.25) is 0 Å². The highest BCUT2D eigenvalue weighted by molar-refractivity contribution is 5.75. The number of piperidine rings is 1. The van der Waals surface area contributed by atoms with Gasteiger partial charge in [0, 0.05) is 19.1 Å². The summed E-state index contributed by atoms with van der Waals surface area (Å²) in [6.45, 7) is 3.85. The summed E-state index contributed by atoms with van der Waals surface area (Å²) in [7, 11) is 0. The maximum atomic E-state index is 12.0. The number of carboxylic acids is 1. The van der Waals surface area contributed by atoms with Crippen LogP contribution in [0.25, 0.3) is 0 Å². The Hall–Kier alpha value is -1.26. The van der Waals surface area contributed by atoms with Crippen LogP contribution in [0.3, 0.4) is 0 Å². The molecule has 2 amide bonds. The number of carboxylic acid groups (broad SMARTS) is 1. The van der Waals surface area contributed by atoms with E-state index in [9.17, 15) is 9.59 Å². The Morgan fingerprint density at radius 2 is 1.83 bits per heavy atom. The molecule has 1 aliphatic heterocycles. The standard InChI is InChI=1S/C13H22N2O3/c1-9-4-6-15(7-5-9)13(18)14-11-3-2-10(8-11)12(16)17/h9-11H,2-8H2,1H3,(H,14,18)(H,16,17)/t10-,11+/m1/s1. The number of hydrogen-bond donors (Lipinski definition) is 2. The summed E-state index contributed by atoms with van der Waals surface area (Å²) in [4.78, 5) is 24.7. The van der Waals surface area contributed by atoms with Gasteiger partial charge < -0.3 is 15.3 Å². The van der Waals surface area contributed by atoms with Gasteiger partial charge in [-0.1, -0.05) is 6.92 Å². The second-order valence-electron chi connectivity index (χ2n) is 5.66. The first kappa shape index (κ1) is 13.2. The first-order valence-electron chi connectivity index (χ1n) is 6.84. The van der Waals surface area contributed by atoms with Crippen LogP contribution in [-0.4, -0.2) is 41.1 Å². The van der Waals surface area contributed by atoms with Gasteiger partial charge >= 0.3 is 12.0 Å². The molecule has 5 nitrogen and oxygen atoms in total. The van der Waals surface area contributed by atoms with Crippen LogP contribution in [0, 0.1) is 11.8 Å². The third-order valence-electron chi connectivity index (χ3n) is 4.18. The number of rotatable bonds is 2. The minimum Gasteiger partial charge on any atom is -0.481 e. The molecule has 1 heterocycles. The molecule has 0 aromatic carbocycles. The van der Waals surface area contributed by atoms with Crippen LogP contribution >= 0.6 is 0 Å². The van der Waals surface area contributed by atoms with Crippen molar-refractivity contribution in [3.8, 4) is 0 Å². The van der Waals surface area contributed by atoms with Crippen LogP contribution in [0.1, 0.15) is 39.0 Å². The fourth-order valence-corrected chi connectivity index (χ4v) is 2.81. The third-order valence-corrected chi connectivity index (χ3v) is 4.18. The highest BCUT2D eigenvalue weighted by Crippen LogP contribution is 2.26. The van der Waals surface area contributed by atoms with Crippen LogP contribution in [-0.2, 0) is 4.79 Å². The van der Waals surface area contributed by atoms with Crippen molar-refractivity contribution >= 4 is 12.0 Å². The van der Waals surface area contributed by atoms with Gasteiger partial charge in [0.05, 0.1) is 5.92 Å². The molecule has 2 rings (SSSR count). The molecule has 1 saturated heterocycles. The van der Waals surface area contributed by atoms with Crippen molar-refractivity contribution in [2.24, 2.45) is 11.8 Å². The summed E-state index contributed by atoms with van der Waals surface area (Å²) in [5.74, 6) is -0.313. The lowest BCUT2D eigenvalue weighted by Gasteiger charge is -2.31. The normalized spacial score (nSPS) is 29.3. The molecule has 0 bridgehead atoms. The quantitative estimate of drug-likeness (QED) is 0.787. The van der Waals surface area contributed by atoms with E-state index in [0.717, 1.165) is 32.4 Å². The van der Waals surface area contributed by atoms with Gasteiger partial charge in [-0.15, -0.1) is 0 Å². The van der Waals surface area contributed by atoms with Crippen LogP contribution < -0.4 is 5.32 Å². The van der Waals surface area contributed by atoms with Crippen molar-refractivity contribution in [2.45, 2.75) is 45.1 Å². The average molecular weight is 254 g/mol. The Balaban J connectivity index is 1.76. The van der Waals surface area contributed by atoms with E-state index in [-0.39, 0.29) is 18.0 Å². The van der Waals surface area contributed by atoms with Gasteiger partial charge in [0.15, 0.2) is 0 Å². The highest BCUT2D eigenvalue weighted by Gasteiger charge is 2.31. The third kappa shape index (κ3) is 3.15. The molecule has 0 spiro atoms. The number of hydrogen-bond acceptors (Lipinski definition) is 2. The molecule has 2 aliphatic rings. The Morgan fingerprint density at radius 3 is 2.39 bits per heavy atom. The molecule has 2 N–H and O–H groups in total. The van der Waals surface area contributed by atoms with Gasteiger partial charge in [-0.05, 0) is 38.0 Å². The minimum absolute atomic E-state index is 0.0158. The average Bonchev–Trinajstić information content (AvgIpc) is 2.78. The molecular formula is C13H22N2O3. The summed E-state index contributed by atoms with van der Waals surface area (Å²) < 4.78 is 0. The number of likely N-dealkylation sites (tertiary alicyclic amines) is 1. The summed E-state index contributed by atoms with van der Waals surface area (Å²) in [6, 6.07) is 0.0240. The number of urea groups is 1. The molecule has 1 aliphatic carbocycles. The van der Waals surface area contributed by atoms with E-state index in [1.54, 1.807) is 0 Å². The van der Waals surface area contributed by atoms with Gasteiger partial charge in [-0.3, -0.25) is 4.79 Å². The number of nitrogens with one attached hydrogen (secondary N) is 1. The maximum Gasteiger partial charge on any atom is 0.317 e. The first-order chi connectivity index (χ1) is 8.56. The van der Waals surface area contributed by atoms with E-state index in [1.807, 2.05) is 4.90 Å². The Morgan fingerprint density at radius 1 is 1.17 bits per heavy atom. The summed E-state index contributed by atoms with van der Waals surface area (Å²) in [5, 5.41) is 11.9. The largest absolute Gasteiger partial charge is 0.481 e. The smallest absolute Gasteiger partial charge is 0.317 e. The minimum atomic E-state index is -0.737. The van der Waals surface area contributed by atoms with Gasteiger partial charge in [-0.25, -0.2) is 4.79 Å². The van der Waals surface area contributed by atoms with E-state index in [2.05, 4.69) is 12.2 Å². The van der Waals surface area contributed by atoms with Crippen molar-refractivity contribution in [1.29, 1.82) is 0 Å². The van der Waals surface area contributed by atoms with E-state index >= 15 is 0 Å². The number of aliphatic carboxylic acids is 1. The van der Waals surface area contributed by atoms with Crippen molar-refractivity contribution < 1.29 is 14.7 Å². The number of carbonyl (C=O) groups is 2. The summed E-state index contributed by atoms with van der Waals surface area (Å²) >= 11 is 0. The molecule has 18 heavy (non-hydrogen) atoms. The molecule has 102 valence electrons. The maximum absolute atomic E-state index is 12.0. The van der Waals surface area contributed by atoms with Crippen LogP contribution in [0.4, 0.5) is 4.79 Å². The highest BCUT2D eigenvalue weighted by atomic mass is 16.4. The monoisotopic (exact) mass is 254 g/mol. The second kappa shape index (κ2) is 5.59. The topological polar surface area (TPSA) is 69.6 Å². The summed E-state index contributed by atoms with van der Waals surface area (Å²) in [6.07, 6.45) is 4.17. The molecule has 1 saturated carbocycles. The predicted octanol–water partition coefficient (Wildman–Crippen LogP) is 1.68. The molecule has 0 unspecified atom stereocenters. The van der Waals surface area contributed by atoms with Crippen molar-refractivity contribution in [3.05, 3.63) is 0 Å². The number of carbonyl (C=O) groups excluding carboxylic acids is 1. The van der Waals surface area contributed by atoms with Crippen LogP contribution in [0.15, 0.2) is 0 Å². The molecule has 5 heteroatoms. The molecular weight excluding hydrogens is 232 g/mol. The molecule has 0 aromatic heterocycles. The molecule has 2 atom stereocenters. The Kier molecular flexibility index (Phi) is 4.09. The van der Waals surface area contributed by atoms with Crippen molar-refractivity contribution in [3.63, 3.8) is 0 Å². The lowest BCUT2D eigenvalue weighted by Crippen LogP contribution is -2.47. The zero-order valence-electron chi connectivity index (χ0n) is 10.9. The van der Waals surface area contributed by atoms with E-state index in [4.69, 9.17) is 5.11 Å². The van der Waals surface area contributed by atoms with E-state index in [0.29, 0.717) is 18.8 Å². The van der Waals surface area contributed by atoms with Gasteiger partial charge in [0.1, 0.15) is 0 Å². The fourth-order valence-electron chi connectivity index (χ4n) is 2.81. The van der Waals surface area contributed by atoms with Crippen molar-refractivity contribution in [2.75, 3.05) is 13.1 Å². The predicted molar refractivity (Wildman–Crippen MR) is 67.3 cm³/mol. The lowest BCUT2D eigenvalue weighted by atomic mass is 10.00. The van der Waals surface area contributed by atoms with Gasteiger partial charge in [0.2, 0.25) is 0 Å². The Bertz CT molecular complexity index is 324. The zero-order valence-corrected chi connectivity index (χ0v) is 10.9. The Labute approximate surface area is 108 Å². The summed E-state index contributed by atoms with van der Waals surface area (Å²) in [5.41, 5.74) is 0. The van der Waals surface area contributed by atoms with Crippen LogP contribution in [0.5, 0.6) is 0 Å². The van der Waals surface area contributed by atoms with Gasteiger partial charge in [-0.2, -0.15) is 0 Å².